The Hall–Kier alpha value is -0.710. The number of nitrogens with one attached hydrogen (secondary N) is 1. The van der Waals surface area contributed by atoms with E-state index in [9.17, 15) is 13.6 Å². The van der Waals surface area contributed by atoms with E-state index < -0.39 is 19.0 Å². The Kier molecular flexibility index (Phi) is 2.85. The summed E-state index contributed by atoms with van der Waals surface area (Å²) in [4.78, 5) is 11.1. The highest BCUT2D eigenvalue weighted by Crippen LogP contribution is 2.37. The van der Waals surface area contributed by atoms with Crippen LogP contribution in [-0.2, 0) is 4.79 Å². The summed E-state index contributed by atoms with van der Waals surface area (Å²) >= 11 is 0. The van der Waals surface area contributed by atoms with Crippen molar-refractivity contribution >= 4 is 5.91 Å². The summed E-state index contributed by atoms with van der Waals surface area (Å²) in [5, 5.41) is 2.20. The van der Waals surface area contributed by atoms with Crippen LogP contribution in [0.15, 0.2) is 0 Å². The highest BCUT2D eigenvalue weighted by atomic mass is 19.3. The van der Waals surface area contributed by atoms with Crippen LogP contribution in [0.5, 0.6) is 0 Å². The zero-order valence-corrected chi connectivity index (χ0v) is 7.52. The first-order chi connectivity index (χ1) is 5.96. The third-order valence-corrected chi connectivity index (χ3v) is 2.27. The van der Waals surface area contributed by atoms with Crippen molar-refractivity contribution in [3.63, 3.8) is 0 Å². The maximum Gasteiger partial charge on any atom is 0.277 e. The summed E-state index contributed by atoms with van der Waals surface area (Å²) in [6.45, 7) is 0.546. The van der Waals surface area contributed by atoms with Crippen molar-refractivity contribution in [2.45, 2.75) is 19.3 Å². The minimum absolute atomic E-state index is 0.0615. The van der Waals surface area contributed by atoms with E-state index in [-0.39, 0.29) is 11.8 Å². The molecule has 0 saturated heterocycles. The van der Waals surface area contributed by atoms with Crippen molar-refractivity contribution in [1.29, 1.82) is 0 Å². The van der Waals surface area contributed by atoms with Crippen LogP contribution < -0.4 is 11.1 Å². The molecule has 1 fully saturated rings. The molecule has 13 heavy (non-hydrogen) atoms. The fourth-order valence-corrected chi connectivity index (χ4v) is 1.11. The molecule has 1 amide bonds. The van der Waals surface area contributed by atoms with Gasteiger partial charge in [0.05, 0.1) is 13.1 Å². The number of hydrogen-bond donors (Lipinski definition) is 2. The second-order valence-electron chi connectivity index (χ2n) is 3.60. The molecule has 1 aliphatic rings. The second-order valence-corrected chi connectivity index (χ2v) is 3.60. The third-order valence-electron chi connectivity index (χ3n) is 2.27. The number of alkyl halides is 2. The molecule has 0 aromatic rings. The van der Waals surface area contributed by atoms with Crippen molar-refractivity contribution in [3.05, 3.63) is 0 Å². The first kappa shape index (κ1) is 10.4. The Bertz CT molecular complexity index is 208. The van der Waals surface area contributed by atoms with Gasteiger partial charge in [-0.05, 0) is 12.3 Å². The Balaban J connectivity index is 2.22. The topological polar surface area (TPSA) is 55.1 Å². The molecule has 0 heterocycles. The van der Waals surface area contributed by atoms with Crippen LogP contribution in [-0.4, -0.2) is 24.9 Å². The van der Waals surface area contributed by atoms with E-state index in [0.29, 0.717) is 5.92 Å². The fourth-order valence-electron chi connectivity index (χ4n) is 1.11. The van der Waals surface area contributed by atoms with Gasteiger partial charge in [-0.15, -0.1) is 0 Å². The second kappa shape index (κ2) is 3.57. The Labute approximate surface area is 75.7 Å². The predicted octanol–water partition coefficient (Wildman–Crippen LogP) is 0.353. The van der Waals surface area contributed by atoms with Crippen LogP contribution >= 0.6 is 0 Å². The molecular weight excluding hydrogens is 178 g/mol. The summed E-state index contributed by atoms with van der Waals surface area (Å²) < 4.78 is 25.1. The molecule has 3 nitrogen and oxygen atoms in total. The lowest BCUT2D eigenvalue weighted by Gasteiger charge is -2.14. The van der Waals surface area contributed by atoms with Crippen molar-refractivity contribution in [1.82, 2.24) is 5.32 Å². The summed E-state index contributed by atoms with van der Waals surface area (Å²) in [6.07, 6.45) is 0.806. The molecule has 0 bridgehead atoms. The number of nitrogens with two attached hydrogens (primary N) is 1. The number of carbonyl (C=O) groups excluding carboxylic acids is 1. The highest BCUT2D eigenvalue weighted by molar-refractivity contribution is 5.81. The van der Waals surface area contributed by atoms with E-state index in [0.717, 1.165) is 6.42 Å². The highest BCUT2D eigenvalue weighted by Gasteiger charge is 2.40. The molecule has 5 heteroatoms. The predicted molar refractivity (Wildman–Crippen MR) is 44.3 cm³/mol. The molecule has 1 saturated carbocycles. The SMILES string of the molecule is CC1CC1C(=O)NCC(F)(F)CN. The van der Waals surface area contributed by atoms with E-state index in [1.165, 1.54) is 0 Å². The normalized spacial score (nSPS) is 27.1. The van der Waals surface area contributed by atoms with E-state index >= 15 is 0 Å². The first-order valence-corrected chi connectivity index (χ1v) is 4.32. The molecule has 0 aliphatic heterocycles. The molecule has 1 rings (SSSR count). The van der Waals surface area contributed by atoms with Crippen LogP contribution in [0, 0.1) is 11.8 Å². The maximum absolute atomic E-state index is 12.6. The molecule has 0 spiro atoms. The van der Waals surface area contributed by atoms with Crippen molar-refractivity contribution < 1.29 is 13.6 Å². The molecule has 0 aromatic heterocycles. The lowest BCUT2D eigenvalue weighted by Crippen LogP contribution is -2.42. The van der Waals surface area contributed by atoms with Crippen LogP contribution in [0.25, 0.3) is 0 Å². The Morgan fingerprint density at radius 2 is 2.23 bits per heavy atom. The average Bonchev–Trinajstić information content (AvgIpc) is 2.79. The van der Waals surface area contributed by atoms with Gasteiger partial charge in [-0.2, -0.15) is 0 Å². The van der Waals surface area contributed by atoms with Crippen molar-refractivity contribution in [3.8, 4) is 0 Å². The zero-order valence-electron chi connectivity index (χ0n) is 7.52. The van der Waals surface area contributed by atoms with Gasteiger partial charge in [-0.3, -0.25) is 4.79 Å². The van der Waals surface area contributed by atoms with E-state index in [2.05, 4.69) is 5.32 Å². The minimum atomic E-state index is -2.98. The van der Waals surface area contributed by atoms with Crippen LogP contribution in [0.1, 0.15) is 13.3 Å². The number of amides is 1. The summed E-state index contributed by atoms with van der Waals surface area (Å²) in [7, 11) is 0. The first-order valence-electron chi connectivity index (χ1n) is 4.32. The summed E-state index contributed by atoms with van der Waals surface area (Å²) in [6, 6.07) is 0. The lowest BCUT2D eigenvalue weighted by molar-refractivity contribution is -0.124. The summed E-state index contributed by atoms with van der Waals surface area (Å²) in [5.74, 6) is -2.98. The van der Waals surface area contributed by atoms with Gasteiger partial charge in [0.15, 0.2) is 0 Å². The molecule has 2 atom stereocenters. The number of carbonyl (C=O) groups is 1. The maximum atomic E-state index is 12.6. The Morgan fingerprint density at radius 3 is 2.62 bits per heavy atom. The van der Waals surface area contributed by atoms with Gasteiger partial charge in [0, 0.05) is 5.92 Å². The monoisotopic (exact) mass is 192 g/mol. The largest absolute Gasteiger partial charge is 0.350 e. The van der Waals surface area contributed by atoms with Crippen LogP contribution in [0.3, 0.4) is 0 Å². The Morgan fingerprint density at radius 1 is 1.69 bits per heavy atom. The molecule has 76 valence electrons. The van der Waals surface area contributed by atoms with E-state index in [4.69, 9.17) is 5.73 Å². The molecular formula is C8H14F2N2O. The zero-order chi connectivity index (χ0) is 10.1. The molecule has 3 N–H and O–H groups in total. The lowest BCUT2D eigenvalue weighted by atomic mass is 10.3. The quantitative estimate of drug-likeness (QED) is 0.675. The smallest absolute Gasteiger partial charge is 0.277 e. The summed E-state index contributed by atoms with van der Waals surface area (Å²) in [5.41, 5.74) is 4.81. The standard InChI is InChI=1S/C8H14F2N2O/c1-5-2-6(5)7(13)12-4-8(9,10)3-11/h5-6H,2-4,11H2,1H3,(H,12,13). The molecule has 1 aliphatic carbocycles. The third kappa shape index (κ3) is 2.91. The molecule has 0 aromatic carbocycles. The van der Waals surface area contributed by atoms with Gasteiger partial charge in [0.2, 0.25) is 5.91 Å². The van der Waals surface area contributed by atoms with E-state index in [1.54, 1.807) is 0 Å². The number of halogens is 2. The average molecular weight is 192 g/mol. The van der Waals surface area contributed by atoms with Gasteiger partial charge < -0.3 is 11.1 Å². The van der Waals surface area contributed by atoms with Gasteiger partial charge in [0.1, 0.15) is 0 Å². The van der Waals surface area contributed by atoms with Crippen molar-refractivity contribution in [2.24, 2.45) is 17.6 Å². The minimum Gasteiger partial charge on any atom is -0.350 e. The van der Waals surface area contributed by atoms with Crippen LogP contribution in [0.2, 0.25) is 0 Å². The molecule has 0 radical (unpaired) electrons. The van der Waals surface area contributed by atoms with E-state index in [1.807, 2.05) is 6.92 Å². The van der Waals surface area contributed by atoms with Gasteiger partial charge in [-0.1, -0.05) is 6.92 Å². The number of hydrogen-bond acceptors (Lipinski definition) is 2. The number of rotatable bonds is 4. The fraction of sp³-hybridized carbons (Fsp3) is 0.875. The van der Waals surface area contributed by atoms with Gasteiger partial charge in [-0.25, -0.2) is 8.78 Å². The molecule has 2 unspecified atom stereocenters. The van der Waals surface area contributed by atoms with Crippen molar-refractivity contribution in [2.75, 3.05) is 13.1 Å². The van der Waals surface area contributed by atoms with Gasteiger partial charge in [0.25, 0.3) is 5.92 Å². The van der Waals surface area contributed by atoms with Crippen LogP contribution in [0.4, 0.5) is 8.78 Å². The van der Waals surface area contributed by atoms with Gasteiger partial charge >= 0.3 is 0 Å².